The minimum atomic E-state index is -0.297. The van der Waals surface area contributed by atoms with Crippen LogP contribution < -0.4 is 0 Å². The normalized spacial score (nSPS) is 11.3. The largest absolute Gasteiger partial charge is 0.382 e. The number of benzene rings is 1. The van der Waals surface area contributed by atoms with Crippen LogP contribution in [0.4, 0.5) is 4.39 Å². The molecule has 1 aromatic carbocycles. The lowest BCUT2D eigenvalue weighted by Crippen LogP contribution is -2.11. The van der Waals surface area contributed by atoms with Gasteiger partial charge >= 0.3 is 0 Å². The molecule has 2 aromatic rings. The molecule has 0 amide bonds. The average molecular weight is 287 g/mol. The molecule has 6 heteroatoms. The highest BCUT2D eigenvalue weighted by Gasteiger charge is 2.10. The summed E-state index contributed by atoms with van der Waals surface area (Å²) in [7, 11) is 1.63. The third-order valence-electron chi connectivity index (χ3n) is 2.80. The molecule has 19 heavy (non-hydrogen) atoms. The van der Waals surface area contributed by atoms with Gasteiger partial charge in [-0.25, -0.2) is 9.37 Å². The molecule has 0 aliphatic rings. The first kappa shape index (κ1) is 14.2. The summed E-state index contributed by atoms with van der Waals surface area (Å²) >= 11 is 5.87. The molecule has 0 fully saturated rings. The summed E-state index contributed by atoms with van der Waals surface area (Å²) < 4.78 is 25.4. The van der Waals surface area contributed by atoms with Crippen molar-refractivity contribution in [2.24, 2.45) is 0 Å². The van der Waals surface area contributed by atoms with Crippen LogP contribution in [0.2, 0.25) is 0 Å². The summed E-state index contributed by atoms with van der Waals surface area (Å²) in [6.45, 7) is 2.29. The molecule has 1 aromatic heterocycles. The molecule has 104 valence electrons. The number of fused-ring (bicyclic) bond motifs is 1. The van der Waals surface area contributed by atoms with E-state index in [9.17, 15) is 4.39 Å². The van der Waals surface area contributed by atoms with Gasteiger partial charge in [0.05, 0.1) is 36.7 Å². The zero-order valence-electron chi connectivity index (χ0n) is 10.7. The first-order chi connectivity index (χ1) is 9.26. The summed E-state index contributed by atoms with van der Waals surface area (Å²) in [4.78, 5) is 4.32. The van der Waals surface area contributed by atoms with Gasteiger partial charge in [-0.15, -0.1) is 11.6 Å². The summed E-state index contributed by atoms with van der Waals surface area (Å²) in [5, 5.41) is 0. The molecular weight excluding hydrogens is 271 g/mol. The highest BCUT2D eigenvalue weighted by Crippen LogP contribution is 2.18. The summed E-state index contributed by atoms with van der Waals surface area (Å²) in [5.41, 5.74) is 1.49. The molecule has 0 aliphatic carbocycles. The van der Waals surface area contributed by atoms with E-state index in [1.807, 2.05) is 4.57 Å². The van der Waals surface area contributed by atoms with Crippen molar-refractivity contribution >= 4 is 22.6 Å². The predicted octanol–water partition coefficient (Wildman–Crippen LogP) is 2.58. The molecule has 0 N–H and O–H groups in total. The summed E-state index contributed by atoms with van der Waals surface area (Å²) in [6.07, 6.45) is 0. The van der Waals surface area contributed by atoms with Gasteiger partial charge < -0.3 is 14.0 Å². The molecule has 0 unspecified atom stereocenters. The lowest BCUT2D eigenvalue weighted by Gasteiger charge is -2.08. The lowest BCUT2D eigenvalue weighted by atomic mass is 10.3. The molecular formula is C13H16ClFN2O2. The van der Waals surface area contributed by atoms with Crippen molar-refractivity contribution in [2.75, 3.05) is 26.9 Å². The Hall–Kier alpha value is -1.17. The highest BCUT2D eigenvalue weighted by molar-refractivity contribution is 6.16. The van der Waals surface area contributed by atoms with E-state index in [-0.39, 0.29) is 11.7 Å². The quantitative estimate of drug-likeness (QED) is 0.580. The molecule has 1 heterocycles. The Kier molecular flexibility index (Phi) is 5.13. The van der Waals surface area contributed by atoms with Crippen molar-refractivity contribution < 1.29 is 13.9 Å². The van der Waals surface area contributed by atoms with Crippen LogP contribution in [0, 0.1) is 5.82 Å². The second-order valence-corrected chi connectivity index (χ2v) is 4.32. The maximum absolute atomic E-state index is 13.2. The fraction of sp³-hybridized carbons (Fsp3) is 0.462. The van der Waals surface area contributed by atoms with Crippen LogP contribution in [0.3, 0.4) is 0 Å². The molecule has 0 saturated heterocycles. The topological polar surface area (TPSA) is 36.3 Å². The SMILES string of the molecule is COCCOCCn1c(CCl)nc2cc(F)ccc21. The summed E-state index contributed by atoms with van der Waals surface area (Å²) in [6, 6.07) is 4.54. The molecule has 0 saturated carbocycles. The molecule has 4 nitrogen and oxygen atoms in total. The number of methoxy groups -OCH3 is 1. The third kappa shape index (κ3) is 3.43. The number of halogens is 2. The zero-order chi connectivity index (χ0) is 13.7. The fourth-order valence-corrected chi connectivity index (χ4v) is 2.11. The van der Waals surface area contributed by atoms with E-state index < -0.39 is 0 Å². The number of hydrogen-bond acceptors (Lipinski definition) is 3. The number of aromatic nitrogens is 2. The minimum Gasteiger partial charge on any atom is -0.382 e. The highest BCUT2D eigenvalue weighted by atomic mass is 35.5. The monoisotopic (exact) mass is 286 g/mol. The Morgan fingerprint density at radius 3 is 2.89 bits per heavy atom. The van der Waals surface area contributed by atoms with E-state index in [1.54, 1.807) is 13.2 Å². The standard InChI is InChI=1S/C13H16ClFN2O2/c1-18-6-7-19-5-4-17-12-3-2-10(15)8-11(12)16-13(17)9-14/h2-3,8H,4-7,9H2,1H3. The van der Waals surface area contributed by atoms with Crippen molar-refractivity contribution in [3.05, 3.63) is 29.8 Å². The van der Waals surface area contributed by atoms with Crippen LogP contribution in [0.5, 0.6) is 0 Å². The van der Waals surface area contributed by atoms with Crippen molar-refractivity contribution in [1.82, 2.24) is 9.55 Å². The van der Waals surface area contributed by atoms with Crippen molar-refractivity contribution in [2.45, 2.75) is 12.4 Å². The Morgan fingerprint density at radius 2 is 2.16 bits per heavy atom. The Bertz CT molecular complexity index is 545. The van der Waals surface area contributed by atoms with Crippen LogP contribution in [0.1, 0.15) is 5.82 Å². The van der Waals surface area contributed by atoms with Crippen LogP contribution >= 0.6 is 11.6 Å². The van der Waals surface area contributed by atoms with E-state index in [2.05, 4.69) is 4.98 Å². The van der Waals surface area contributed by atoms with Gasteiger partial charge in [0, 0.05) is 19.7 Å². The van der Waals surface area contributed by atoms with Gasteiger partial charge in [-0.1, -0.05) is 0 Å². The van der Waals surface area contributed by atoms with Gasteiger partial charge in [0.2, 0.25) is 0 Å². The van der Waals surface area contributed by atoms with E-state index >= 15 is 0 Å². The van der Waals surface area contributed by atoms with Gasteiger partial charge in [0.25, 0.3) is 0 Å². The first-order valence-corrected chi connectivity index (χ1v) is 6.57. The molecule has 0 spiro atoms. The van der Waals surface area contributed by atoms with Gasteiger partial charge in [0.1, 0.15) is 11.6 Å². The van der Waals surface area contributed by atoms with Gasteiger partial charge in [0.15, 0.2) is 0 Å². The van der Waals surface area contributed by atoms with Crippen LogP contribution in [-0.4, -0.2) is 36.5 Å². The minimum absolute atomic E-state index is 0.286. The zero-order valence-corrected chi connectivity index (χ0v) is 11.5. The second-order valence-electron chi connectivity index (χ2n) is 4.05. The molecule has 0 atom stereocenters. The van der Waals surface area contributed by atoms with Gasteiger partial charge in [-0.3, -0.25) is 0 Å². The van der Waals surface area contributed by atoms with E-state index in [1.165, 1.54) is 12.1 Å². The number of nitrogens with zero attached hydrogens (tertiary/aromatic N) is 2. The number of alkyl halides is 1. The number of hydrogen-bond donors (Lipinski definition) is 0. The maximum Gasteiger partial charge on any atom is 0.125 e. The third-order valence-corrected chi connectivity index (χ3v) is 3.04. The van der Waals surface area contributed by atoms with Crippen LogP contribution in [0.25, 0.3) is 11.0 Å². The van der Waals surface area contributed by atoms with Crippen molar-refractivity contribution in [3.8, 4) is 0 Å². The predicted molar refractivity (Wildman–Crippen MR) is 71.9 cm³/mol. The Balaban J connectivity index is 2.11. The number of imidazole rings is 1. The van der Waals surface area contributed by atoms with E-state index in [0.29, 0.717) is 31.9 Å². The van der Waals surface area contributed by atoms with Crippen molar-refractivity contribution in [1.29, 1.82) is 0 Å². The molecule has 0 radical (unpaired) electrons. The first-order valence-electron chi connectivity index (χ1n) is 6.03. The molecule has 0 aliphatic heterocycles. The van der Waals surface area contributed by atoms with Gasteiger partial charge in [-0.05, 0) is 12.1 Å². The van der Waals surface area contributed by atoms with Crippen LogP contribution in [-0.2, 0) is 21.9 Å². The Labute approximate surface area is 116 Å². The lowest BCUT2D eigenvalue weighted by molar-refractivity contribution is 0.0667. The Morgan fingerprint density at radius 1 is 1.32 bits per heavy atom. The average Bonchev–Trinajstić information content (AvgIpc) is 2.75. The molecule has 0 bridgehead atoms. The maximum atomic E-state index is 13.2. The van der Waals surface area contributed by atoms with Gasteiger partial charge in [-0.2, -0.15) is 0 Å². The van der Waals surface area contributed by atoms with Crippen molar-refractivity contribution in [3.63, 3.8) is 0 Å². The fourth-order valence-electron chi connectivity index (χ4n) is 1.90. The molecule has 2 rings (SSSR count). The summed E-state index contributed by atoms with van der Waals surface area (Å²) in [5.74, 6) is 0.709. The number of ether oxygens (including phenoxy) is 2. The second kappa shape index (κ2) is 6.84. The smallest absolute Gasteiger partial charge is 0.125 e. The number of rotatable bonds is 7. The van der Waals surface area contributed by atoms with E-state index in [0.717, 1.165) is 11.3 Å². The van der Waals surface area contributed by atoms with E-state index in [4.69, 9.17) is 21.1 Å². The van der Waals surface area contributed by atoms with Crippen LogP contribution in [0.15, 0.2) is 18.2 Å².